The monoisotopic (exact) mass is 246 g/mol. The van der Waals surface area contributed by atoms with Gasteiger partial charge in [0.05, 0.1) is 12.2 Å². The van der Waals surface area contributed by atoms with Crippen molar-refractivity contribution in [2.45, 2.75) is 58.3 Å². The number of nitrogens with two attached hydrogens (primary N) is 2. The molecule has 0 aromatic rings. The van der Waals surface area contributed by atoms with Crippen molar-refractivity contribution < 1.29 is 14.6 Å². The number of rotatable bonds is 4. The van der Waals surface area contributed by atoms with Crippen LogP contribution in [0.2, 0.25) is 0 Å². The molecule has 5 heteroatoms. The molecule has 17 heavy (non-hydrogen) atoms. The molecule has 0 radical (unpaired) electrons. The molecule has 5 nitrogen and oxygen atoms in total. The van der Waals surface area contributed by atoms with Crippen molar-refractivity contribution in [1.29, 1.82) is 0 Å². The summed E-state index contributed by atoms with van der Waals surface area (Å²) in [4.78, 5) is 0. The highest BCUT2D eigenvalue weighted by Crippen LogP contribution is 2.30. The minimum absolute atomic E-state index is 0.0177. The zero-order valence-corrected chi connectivity index (χ0v) is 11.2. The molecular formula is C12H26N2O3. The van der Waals surface area contributed by atoms with E-state index in [0.29, 0.717) is 12.5 Å². The van der Waals surface area contributed by atoms with Crippen molar-refractivity contribution in [3.05, 3.63) is 0 Å². The highest BCUT2D eigenvalue weighted by Gasteiger charge is 2.44. The highest BCUT2D eigenvalue weighted by molar-refractivity contribution is 4.93. The first-order valence-electron chi connectivity index (χ1n) is 6.33. The van der Waals surface area contributed by atoms with Crippen molar-refractivity contribution in [2.75, 3.05) is 6.54 Å². The highest BCUT2D eigenvalue weighted by atomic mass is 16.7. The zero-order chi connectivity index (χ0) is 13.2. The molecule has 0 bridgehead atoms. The Morgan fingerprint density at radius 3 is 2.29 bits per heavy atom. The molecule has 0 amide bonds. The van der Waals surface area contributed by atoms with Crippen LogP contribution in [0.4, 0.5) is 0 Å². The molecule has 5 atom stereocenters. The van der Waals surface area contributed by atoms with E-state index >= 15 is 0 Å². The Morgan fingerprint density at radius 2 is 1.88 bits per heavy atom. The molecule has 1 aliphatic heterocycles. The number of hydrogen-bond donors (Lipinski definition) is 3. The van der Waals surface area contributed by atoms with Crippen molar-refractivity contribution >= 4 is 0 Å². The van der Waals surface area contributed by atoms with Crippen LogP contribution in [-0.2, 0) is 9.47 Å². The molecule has 102 valence electrons. The summed E-state index contributed by atoms with van der Waals surface area (Å²) in [5.41, 5.74) is 11.8. The van der Waals surface area contributed by atoms with Crippen LogP contribution in [-0.4, -0.2) is 42.3 Å². The second kappa shape index (κ2) is 6.11. The molecule has 2 unspecified atom stereocenters. The van der Waals surface area contributed by atoms with Gasteiger partial charge in [0.2, 0.25) is 0 Å². The van der Waals surface area contributed by atoms with Crippen molar-refractivity contribution in [3.8, 4) is 0 Å². The summed E-state index contributed by atoms with van der Waals surface area (Å²) < 4.78 is 11.3. The average molecular weight is 246 g/mol. The van der Waals surface area contributed by atoms with E-state index in [1.165, 1.54) is 0 Å². The quantitative estimate of drug-likeness (QED) is 0.652. The lowest BCUT2D eigenvalue weighted by Crippen LogP contribution is -2.62. The van der Waals surface area contributed by atoms with E-state index in [1.807, 2.05) is 13.8 Å². The van der Waals surface area contributed by atoms with E-state index in [0.717, 1.165) is 0 Å². The van der Waals surface area contributed by atoms with Crippen molar-refractivity contribution in [1.82, 2.24) is 0 Å². The fourth-order valence-electron chi connectivity index (χ4n) is 2.47. The topological polar surface area (TPSA) is 90.7 Å². The summed E-state index contributed by atoms with van der Waals surface area (Å²) in [7, 11) is 0. The predicted molar refractivity (Wildman–Crippen MR) is 66.2 cm³/mol. The van der Waals surface area contributed by atoms with Gasteiger partial charge in [-0.1, -0.05) is 13.8 Å². The van der Waals surface area contributed by atoms with Gasteiger partial charge >= 0.3 is 0 Å². The molecule has 1 rings (SSSR count). The molecular weight excluding hydrogens is 220 g/mol. The second-order valence-electron chi connectivity index (χ2n) is 5.35. The van der Waals surface area contributed by atoms with E-state index in [1.54, 1.807) is 0 Å². The molecule has 1 aliphatic rings. The fourth-order valence-corrected chi connectivity index (χ4v) is 2.47. The summed E-state index contributed by atoms with van der Waals surface area (Å²) in [5.74, 6) is 0.371. The third-order valence-corrected chi connectivity index (χ3v) is 3.26. The first kappa shape index (κ1) is 14.9. The second-order valence-corrected chi connectivity index (χ2v) is 5.35. The van der Waals surface area contributed by atoms with Gasteiger partial charge in [-0.3, -0.25) is 0 Å². The smallest absolute Gasteiger partial charge is 0.185 e. The van der Waals surface area contributed by atoms with Crippen LogP contribution in [0, 0.1) is 11.8 Å². The van der Waals surface area contributed by atoms with Gasteiger partial charge in [0, 0.05) is 18.5 Å². The minimum atomic E-state index is -0.799. The van der Waals surface area contributed by atoms with E-state index in [4.69, 9.17) is 20.9 Å². The molecule has 0 aromatic carbocycles. The van der Waals surface area contributed by atoms with Crippen molar-refractivity contribution in [3.63, 3.8) is 0 Å². The van der Waals surface area contributed by atoms with Crippen LogP contribution < -0.4 is 11.5 Å². The lowest BCUT2D eigenvalue weighted by atomic mass is 9.79. The predicted octanol–water partition coefficient (Wildman–Crippen LogP) is 0.0554. The Balaban J connectivity index is 2.78. The largest absolute Gasteiger partial charge is 0.386 e. The van der Waals surface area contributed by atoms with Gasteiger partial charge < -0.3 is 26.0 Å². The molecule has 1 fully saturated rings. The Hall–Kier alpha value is -0.200. The summed E-state index contributed by atoms with van der Waals surface area (Å²) in [6.45, 7) is 8.31. The molecule has 0 spiro atoms. The Morgan fingerprint density at radius 1 is 1.29 bits per heavy atom. The van der Waals surface area contributed by atoms with E-state index in [-0.39, 0.29) is 24.2 Å². The van der Waals surface area contributed by atoms with Gasteiger partial charge in [0.1, 0.15) is 6.10 Å². The lowest BCUT2D eigenvalue weighted by Gasteiger charge is -2.45. The molecule has 0 aliphatic carbocycles. The summed E-state index contributed by atoms with van der Waals surface area (Å²) >= 11 is 0. The van der Waals surface area contributed by atoms with Crippen LogP contribution in [0.15, 0.2) is 0 Å². The number of aliphatic hydroxyl groups excluding tert-OH is 1. The summed E-state index contributed by atoms with van der Waals surface area (Å²) in [5, 5.41) is 10.1. The molecule has 0 saturated carbocycles. The van der Waals surface area contributed by atoms with Gasteiger partial charge in [-0.2, -0.15) is 0 Å². The minimum Gasteiger partial charge on any atom is -0.386 e. The fraction of sp³-hybridized carbons (Fsp3) is 1.00. The van der Waals surface area contributed by atoms with E-state index < -0.39 is 12.4 Å². The first-order valence-corrected chi connectivity index (χ1v) is 6.33. The van der Waals surface area contributed by atoms with E-state index in [2.05, 4.69) is 13.8 Å². The van der Waals surface area contributed by atoms with Gasteiger partial charge in [0.15, 0.2) is 6.29 Å². The molecule has 1 saturated heterocycles. The average Bonchev–Trinajstić information content (AvgIpc) is 2.23. The Kier molecular flexibility index (Phi) is 5.34. The van der Waals surface area contributed by atoms with Crippen LogP contribution >= 0.6 is 0 Å². The Labute approximate surface area is 103 Å². The van der Waals surface area contributed by atoms with Crippen LogP contribution in [0.3, 0.4) is 0 Å². The SMILES string of the molecule is CC(C)O[C@H]1OC(CN)[C@@H](C(C)C)C(N)[C@@H]1O. The molecule has 1 heterocycles. The molecule has 5 N–H and O–H groups in total. The maximum absolute atomic E-state index is 10.1. The maximum atomic E-state index is 10.1. The Bertz CT molecular complexity index is 232. The maximum Gasteiger partial charge on any atom is 0.185 e. The van der Waals surface area contributed by atoms with E-state index in [9.17, 15) is 5.11 Å². The molecule has 0 aromatic heterocycles. The van der Waals surface area contributed by atoms with Crippen LogP contribution in [0.5, 0.6) is 0 Å². The van der Waals surface area contributed by atoms with Gasteiger partial charge in [-0.05, 0) is 19.8 Å². The first-order chi connectivity index (χ1) is 7.88. The summed E-state index contributed by atoms with van der Waals surface area (Å²) in [6, 6.07) is -0.360. The standard InChI is InChI=1S/C12H26N2O3/c1-6(2)9-8(5-13)17-12(16-7(3)4)11(15)10(9)14/h6-12,15H,5,13-14H2,1-4H3/t8?,9-,10?,11+,12+/m1/s1. The summed E-state index contributed by atoms with van der Waals surface area (Å²) in [6.07, 6.45) is -1.64. The van der Waals surface area contributed by atoms with Crippen molar-refractivity contribution in [2.24, 2.45) is 23.3 Å². The van der Waals surface area contributed by atoms with Gasteiger partial charge in [-0.15, -0.1) is 0 Å². The normalized spacial score (nSPS) is 39.0. The number of ether oxygens (including phenoxy) is 2. The zero-order valence-electron chi connectivity index (χ0n) is 11.2. The number of hydrogen-bond acceptors (Lipinski definition) is 5. The van der Waals surface area contributed by atoms with Gasteiger partial charge in [0.25, 0.3) is 0 Å². The number of aliphatic hydroxyl groups is 1. The van der Waals surface area contributed by atoms with Gasteiger partial charge in [-0.25, -0.2) is 0 Å². The third-order valence-electron chi connectivity index (χ3n) is 3.26. The van der Waals surface area contributed by atoms with Crippen LogP contribution in [0.1, 0.15) is 27.7 Å². The lowest BCUT2D eigenvalue weighted by molar-refractivity contribution is -0.273. The van der Waals surface area contributed by atoms with Crippen LogP contribution in [0.25, 0.3) is 0 Å². The third kappa shape index (κ3) is 3.39.